The average molecular weight is 291 g/mol. The van der Waals surface area contributed by atoms with Crippen molar-refractivity contribution in [1.29, 1.82) is 0 Å². The van der Waals surface area contributed by atoms with Crippen molar-refractivity contribution in [2.45, 2.75) is 12.8 Å². The highest BCUT2D eigenvalue weighted by molar-refractivity contribution is 6.32. The zero-order valence-corrected chi connectivity index (χ0v) is 11.8. The molecule has 1 unspecified atom stereocenters. The first-order chi connectivity index (χ1) is 9.58. The molecule has 0 bridgehead atoms. The summed E-state index contributed by atoms with van der Waals surface area (Å²) < 4.78 is 5.54. The van der Waals surface area contributed by atoms with Gasteiger partial charge in [0, 0.05) is 0 Å². The molecule has 1 N–H and O–H groups in total. The van der Waals surface area contributed by atoms with Crippen LogP contribution in [-0.4, -0.2) is 17.7 Å². The SMILES string of the molecule is Cc1cccc(C(COc2ccccc2Cl)C(=O)O)c1. The van der Waals surface area contributed by atoms with Gasteiger partial charge in [-0.05, 0) is 24.6 Å². The molecular formula is C16H15ClO3. The molecule has 2 rings (SSSR count). The van der Waals surface area contributed by atoms with E-state index in [-0.39, 0.29) is 6.61 Å². The molecular weight excluding hydrogens is 276 g/mol. The lowest BCUT2D eigenvalue weighted by atomic mass is 9.98. The molecule has 2 aromatic rings. The lowest BCUT2D eigenvalue weighted by molar-refractivity contribution is -0.139. The van der Waals surface area contributed by atoms with Gasteiger partial charge in [-0.2, -0.15) is 0 Å². The summed E-state index contributed by atoms with van der Waals surface area (Å²) in [4.78, 5) is 11.4. The van der Waals surface area contributed by atoms with Gasteiger partial charge in [0.15, 0.2) is 0 Å². The Bertz CT molecular complexity index is 610. The van der Waals surface area contributed by atoms with Crippen LogP contribution in [0.15, 0.2) is 48.5 Å². The van der Waals surface area contributed by atoms with Crippen LogP contribution in [0.4, 0.5) is 0 Å². The van der Waals surface area contributed by atoms with Crippen LogP contribution in [0.1, 0.15) is 17.0 Å². The van der Waals surface area contributed by atoms with Crippen LogP contribution < -0.4 is 4.74 Å². The van der Waals surface area contributed by atoms with Gasteiger partial charge < -0.3 is 9.84 Å². The number of rotatable bonds is 5. The minimum atomic E-state index is -0.914. The summed E-state index contributed by atoms with van der Waals surface area (Å²) in [7, 11) is 0. The van der Waals surface area contributed by atoms with Gasteiger partial charge in [0.05, 0.1) is 5.02 Å². The van der Waals surface area contributed by atoms with E-state index < -0.39 is 11.9 Å². The summed E-state index contributed by atoms with van der Waals surface area (Å²) in [6, 6.07) is 14.4. The number of carboxylic acids is 1. The molecule has 0 heterocycles. The molecule has 4 heteroatoms. The van der Waals surface area contributed by atoms with Gasteiger partial charge >= 0.3 is 5.97 Å². The van der Waals surface area contributed by atoms with Gasteiger partial charge in [-0.3, -0.25) is 4.79 Å². The van der Waals surface area contributed by atoms with Crippen molar-refractivity contribution in [3.05, 3.63) is 64.7 Å². The van der Waals surface area contributed by atoms with Crippen LogP contribution in [0.25, 0.3) is 0 Å². The maximum atomic E-state index is 11.4. The predicted molar refractivity (Wildman–Crippen MR) is 78.5 cm³/mol. The van der Waals surface area contributed by atoms with E-state index in [0.29, 0.717) is 10.8 Å². The Morgan fingerprint density at radius 2 is 2.00 bits per heavy atom. The molecule has 0 fully saturated rings. The van der Waals surface area contributed by atoms with Crippen molar-refractivity contribution in [2.75, 3.05) is 6.61 Å². The number of ether oxygens (including phenoxy) is 1. The quantitative estimate of drug-likeness (QED) is 0.908. The van der Waals surface area contributed by atoms with Gasteiger partial charge in [0.25, 0.3) is 0 Å². The molecule has 20 heavy (non-hydrogen) atoms. The fourth-order valence-corrected chi connectivity index (χ4v) is 2.12. The third-order valence-electron chi connectivity index (χ3n) is 2.98. The number of aliphatic carboxylic acids is 1. The Morgan fingerprint density at radius 1 is 1.25 bits per heavy atom. The van der Waals surface area contributed by atoms with Crippen molar-refractivity contribution < 1.29 is 14.6 Å². The third kappa shape index (κ3) is 3.52. The van der Waals surface area contributed by atoms with E-state index in [1.165, 1.54) is 0 Å². The average Bonchev–Trinajstić information content (AvgIpc) is 2.41. The predicted octanol–water partition coefficient (Wildman–Crippen LogP) is 3.90. The molecule has 2 aromatic carbocycles. The van der Waals surface area contributed by atoms with Crippen molar-refractivity contribution in [2.24, 2.45) is 0 Å². The normalized spacial score (nSPS) is 11.9. The first kappa shape index (κ1) is 14.4. The number of carboxylic acid groups (broad SMARTS) is 1. The molecule has 104 valence electrons. The second-order valence-electron chi connectivity index (χ2n) is 4.55. The highest BCUT2D eigenvalue weighted by atomic mass is 35.5. The number of hydrogen-bond donors (Lipinski definition) is 1. The van der Waals surface area contributed by atoms with Crippen molar-refractivity contribution >= 4 is 17.6 Å². The first-order valence-corrected chi connectivity index (χ1v) is 6.62. The first-order valence-electron chi connectivity index (χ1n) is 6.24. The molecule has 0 radical (unpaired) electrons. The van der Waals surface area contributed by atoms with Crippen LogP contribution in [0.3, 0.4) is 0 Å². The summed E-state index contributed by atoms with van der Waals surface area (Å²) in [5.74, 6) is -1.14. The molecule has 1 atom stereocenters. The third-order valence-corrected chi connectivity index (χ3v) is 3.30. The Balaban J connectivity index is 2.15. The van der Waals surface area contributed by atoms with Crippen LogP contribution in [0, 0.1) is 6.92 Å². The van der Waals surface area contributed by atoms with Gasteiger partial charge in [0.1, 0.15) is 18.3 Å². The topological polar surface area (TPSA) is 46.5 Å². The van der Waals surface area contributed by atoms with Crippen LogP contribution in [0.5, 0.6) is 5.75 Å². The minimum absolute atomic E-state index is 0.0442. The van der Waals surface area contributed by atoms with E-state index in [9.17, 15) is 9.90 Å². The summed E-state index contributed by atoms with van der Waals surface area (Å²) in [6.07, 6.45) is 0. The number of aryl methyl sites for hydroxylation is 1. The van der Waals surface area contributed by atoms with E-state index >= 15 is 0 Å². The standard InChI is InChI=1S/C16H15ClO3/c1-11-5-4-6-12(9-11)13(16(18)19)10-20-15-8-3-2-7-14(15)17/h2-9,13H,10H2,1H3,(H,18,19). The summed E-state index contributed by atoms with van der Waals surface area (Å²) in [6.45, 7) is 1.97. The second-order valence-corrected chi connectivity index (χ2v) is 4.95. The zero-order chi connectivity index (χ0) is 14.5. The second kappa shape index (κ2) is 6.44. The van der Waals surface area contributed by atoms with Gasteiger partial charge in [0.2, 0.25) is 0 Å². The monoisotopic (exact) mass is 290 g/mol. The lowest BCUT2D eigenvalue weighted by Crippen LogP contribution is -2.19. The molecule has 0 amide bonds. The van der Waals surface area contributed by atoms with Crippen molar-refractivity contribution in [3.8, 4) is 5.75 Å². The Hall–Kier alpha value is -2.00. The Labute approximate surface area is 122 Å². The molecule has 0 aromatic heterocycles. The molecule has 0 aliphatic heterocycles. The van der Waals surface area contributed by atoms with Crippen molar-refractivity contribution in [1.82, 2.24) is 0 Å². The number of hydrogen-bond acceptors (Lipinski definition) is 2. The molecule has 0 aliphatic rings. The Morgan fingerprint density at radius 3 is 2.65 bits per heavy atom. The van der Waals surface area contributed by atoms with E-state index in [1.807, 2.05) is 25.1 Å². The summed E-state index contributed by atoms with van der Waals surface area (Å²) in [5.41, 5.74) is 1.75. The smallest absolute Gasteiger partial charge is 0.314 e. The number of halogens is 1. The summed E-state index contributed by atoms with van der Waals surface area (Å²) in [5, 5.41) is 9.82. The van der Waals surface area contributed by atoms with Crippen LogP contribution in [-0.2, 0) is 4.79 Å². The molecule has 0 saturated carbocycles. The van der Waals surface area contributed by atoms with E-state index in [4.69, 9.17) is 16.3 Å². The highest BCUT2D eigenvalue weighted by Crippen LogP contribution is 2.25. The van der Waals surface area contributed by atoms with E-state index in [1.54, 1.807) is 30.3 Å². The number of para-hydroxylation sites is 1. The Kier molecular flexibility index (Phi) is 4.64. The maximum Gasteiger partial charge on any atom is 0.314 e. The fourth-order valence-electron chi connectivity index (χ4n) is 1.93. The summed E-state index contributed by atoms with van der Waals surface area (Å²) >= 11 is 5.99. The highest BCUT2D eigenvalue weighted by Gasteiger charge is 2.21. The van der Waals surface area contributed by atoms with Gasteiger partial charge in [-0.1, -0.05) is 53.6 Å². The van der Waals surface area contributed by atoms with Crippen LogP contribution >= 0.6 is 11.6 Å². The number of benzene rings is 2. The fraction of sp³-hybridized carbons (Fsp3) is 0.188. The molecule has 0 saturated heterocycles. The minimum Gasteiger partial charge on any atom is -0.491 e. The lowest BCUT2D eigenvalue weighted by Gasteiger charge is -2.15. The van der Waals surface area contributed by atoms with Crippen LogP contribution in [0.2, 0.25) is 5.02 Å². The molecule has 3 nitrogen and oxygen atoms in total. The van der Waals surface area contributed by atoms with E-state index in [0.717, 1.165) is 11.1 Å². The maximum absolute atomic E-state index is 11.4. The van der Waals surface area contributed by atoms with Crippen molar-refractivity contribution in [3.63, 3.8) is 0 Å². The number of carbonyl (C=O) groups is 1. The largest absolute Gasteiger partial charge is 0.491 e. The zero-order valence-electron chi connectivity index (χ0n) is 11.0. The van der Waals surface area contributed by atoms with Gasteiger partial charge in [-0.25, -0.2) is 0 Å². The van der Waals surface area contributed by atoms with E-state index in [2.05, 4.69) is 0 Å². The van der Waals surface area contributed by atoms with Gasteiger partial charge in [-0.15, -0.1) is 0 Å². The molecule has 0 spiro atoms. The molecule has 0 aliphatic carbocycles.